The molecule has 0 aliphatic carbocycles. The van der Waals surface area contributed by atoms with E-state index in [0.29, 0.717) is 5.69 Å². The Balaban J connectivity index is 2.31. The van der Waals surface area contributed by atoms with Gasteiger partial charge in [-0.2, -0.15) is 5.10 Å². The molecule has 0 amide bonds. The van der Waals surface area contributed by atoms with Gasteiger partial charge in [-0.15, -0.1) is 0 Å². The molecule has 6 heteroatoms. The maximum absolute atomic E-state index is 13.4. The van der Waals surface area contributed by atoms with E-state index in [-0.39, 0.29) is 17.8 Å². The Morgan fingerprint density at radius 3 is 2.67 bits per heavy atom. The van der Waals surface area contributed by atoms with Gasteiger partial charge in [-0.25, -0.2) is 13.6 Å². The van der Waals surface area contributed by atoms with E-state index < -0.39 is 17.6 Å². The lowest BCUT2D eigenvalue weighted by Gasteiger charge is -2.05. The van der Waals surface area contributed by atoms with Crippen molar-refractivity contribution in [2.24, 2.45) is 0 Å². The summed E-state index contributed by atoms with van der Waals surface area (Å²) in [7, 11) is 0. The average Bonchev–Trinajstić information content (AvgIpc) is 2.64. The summed E-state index contributed by atoms with van der Waals surface area (Å²) in [5, 5.41) is 12.6. The molecule has 0 saturated carbocycles. The van der Waals surface area contributed by atoms with Crippen LogP contribution < -0.4 is 0 Å². The molecule has 0 fully saturated rings. The molecule has 0 radical (unpaired) electrons. The molecule has 2 rings (SSSR count). The number of aromatic carboxylic acids is 1. The highest BCUT2D eigenvalue weighted by atomic mass is 19.1. The number of hydrogen-bond donors (Lipinski definition) is 1. The minimum Gasteiger partial charge on any atom is -0.476 e. The van der Waals surface area contributed by atoms with Crippen LogP contribution >= 0.6 is 0 Å². The summed E-state index contributed by atoms with van der Waals surface area (Å²) in [6.45, 7) is 1.73. The molecule has 1 heterocycles. The summed E-state index contributed by atoms with van der Waals surface area (Å²) in [6.07, 6.45) is 0. The first-order chi connectivity index (χ1) is 8.47. The number of rotatable bonds is 3. The Kier molecular flexibility index (Phi) is 3.10. The van der Waals surface area contributed by atoms with Crippen LogP contribution in [0.2, 0.25) is 0 Å². The second-order valence-corrected chi connectivity index (χ2v) is 3.87. The number of hydrogen-bond acceptors (Lipinski definition) is 2. The van der Waals surface area contributed by atoms with Gasteiger partial charge < -0.3 is 5.11 Å². The number of halogens is 2. The molecule has 0 aliphatic heterocycles. The number of aryl methyl sites for hydroxylation is 1. The van der Waals surface area contributed by atoms with E-state index in [9.17, 15) is 13.6 Å². The first kappa shape index (κ1) is 12.2. The maximum atomic E-state index is 13.4. The van der Waals surface area contributed by atoms with Gasteiger partial charge in [-0.3, -0.25) is 4.68 Å². The zero-order valence-electron chi connectivity index (χ0n) is 9.52. The van der Waals surface area contributed by atoms with Gasteiger partial charge in [0.15, 0.2) is 5.69 Å². The van der Waals surface area contributed by atoms with Gasteiger partial charge in [0.05, 0.1) is 6.54 Å². The van der Waals surface area contributed by atoms with E-state index in [2.05, 4.69) is 5.10 Å². The third-order valence-electron chi connectivity index (χ3n) is 2.54. The summed E-state index contributed by atoms with van der Waals surface area (Å²) in [5.41, 5.74) is 0.741. The predicted molar refractivity (Wildman–Crippen MR) is 59.4 cm³/mol. The molecule has 1 aromatic carbocycles. The van der Waals surface area contributed by atoms with Crippen LogP contribution in [-0.2, 0) is 6.54 Å². The van der Waals surface area contributed by atoms with Crippen molar-refractivity contribution in [1.82, 2.24) is 9.78 Å². The molecule has 1 N–H and O–H groups in total. The number of nitrogens with zero attached hydrogens (tertiary/aromatic N) is 2. The Morgan fingerprint density at radius 2 is 2.11 bits per heavy atom. The minimum absolute atomic E-state index is 0.0607. The number of carboxylic acid groups (broad SMARTS) is 1. The maximum Gasteiger partial charge on any atom is 0.356 e. The highest BCUT2D eigenvalue weighted by molar-refractivity contribution is 5.85. The zero-order chi connectivity index (χ0) is 13.3. The van der Waals surface area contributed by atoms with Crippen LogP contribution in [0.1, 0.15) is 21.7 Å². The third-order valence-corrected chi connectivity index (χ3v) is 2.54. The standard InChI is InChI=1S/C12H10F2N2O2/c1-7-4-11(12(17)18)15-16(7)6-8-2-3-9(13)5-10(8)14/h2-5H,6H2,1H3,(H,17,18). The summed E-state index contributed by atoms with van der Waals surface area (Å²) < 4.78 is 27.5. The van der Waals surface area contributed by atoms with E-state index in [4.69, 9.17) is 5.11 Å². The number of carboxylic acids is 1. The molecule has 1 aromatic heterocycles. The van der Waals surface area contributed by atoms with Crippen LogP contribution in [-0.4, -0.2) is 20.9 Å². The quantitative estimate of drug-likeness (QED) is 0.911. The van der Waals surface area contributed by atoms with Crippen LogP contribution in [0.3, 0.4) is 0 Å². The van der Waals surface area contributed by atoms with Gasteiger partial charge in [0.1, 0.15) is 11.6 Å². The first-order valence-corrected chi connectivity index (χ1v) is 5.19. The molecule has 0 atom stereocenters. The van der Waals surface area contributed by atoms with Crippen molar-refractivity contribution < 1.29 is 18.7 Å². The van der Waals surface area contributed by atoms with E-state index >= 15 is 0 Å². The molecule has 2 aromatic rings. The van der Waals surface area contributed by atoms with Crippen molar-refractivity contribution in [3.63, 3.8) is 0 Å². The summed E-state index contributed by atoms with van der Waals surface area (Å²) >= 11 is 0. The van der Waals surface area contributed by atoms with E-state index in [1.165, 1.54) is 16.8 Å². The first-order valence-electron chi connectivity index (χ1n) is 5.19. The van der Waals surface area contributed by atoms with Crippen molar-refractivity contribution in [2.75, 3.05) is 0 Å². The Morgan fingerprint density at radius 1 is 1.39 bits per heavy atom. The zero-order valence-corrected chi connectivity index (χ0v) is 9.52. The van der Waals surface area contributed by atoms with Crippen LogP contribution in [0.4, 0.5) is 8.78 Å². The predicted octanol–water partition coefficient (Wildman–Crippen LogP) is 2.22. The van der Waals surface area contributed by atoms with Gasteiger partial charge in [0.2, 0.25) is 0 Å². The minimum atomic E-state index is -1.14. The molecule has 0 spiro atoms. The highest BCUT2D eigenvalue weighted by Gasteiger charge is 2.12. The van der Waals surface area contributed by atoms with Gasteiger partial charge in [-0.1, -0.05) is 6.07 Å². The van der Waals surface area contributed by atoms with Crippen LogP contribution in [0.5, 0.6) is 0 Å². The fraction of sp³-hybridized carbons (Fsp3) is 0.167. The molecule has 94 valence electrons. The molecular weight excluding hydrogens is 242 g/mol. The van der Waals surface area contributed by atoms with Crippen LogP contribution in [0.25, 0.3) is 0 Å². The fourth-order valence-corrected chi connectivity index (χ4v) is 1.59. The second-order valence-electron chi connectivity index (χ2n) is 3.87. The van der Waals surface area contributed by atoms with E-state index in [1.54, 1.807) is 6.92 Å². The van der Waals surface area contributed by atoms with Gasteiger partial charge >= 0.3 is 5.97 Å². The van der Waals surface area contributed by atoms with Crippen LogP contribution in [0, 0.1) is 18.6 Å². The smallest absolute Gasteiger partial charge is 0.356 e. The monoisotopic (exact) mass is 252 g/mol. The number of aromatic nitrogens is 2. The van der Waals surface area contributed by atoms with Crippen molar-refractivity contribution in [3.05, 3.63) is 52.9 Å². The van der Waals surface area contributed by atoms with E-state index in [1.807, 2.05) is 0 Å². The van der Waals surface area contributed by atoms with Crippen molar-refractivity contribution in [1.29, 1.82) is 0 Å². The van der Waals surface area contributed by atoms with Crippen LogP contribution in [0.15, 0.2) is 24.3 Å². The SMILES string of the molecule is Cc1cc(C(=O)O)nn1Cc1ccc(F)cc1F. The molecule has 18 heavy (non-hydrogen) atoms. The molecule has 0 aliphatic rings. The third kappa shape index (κ3) is 2.37. The van der Waals surface area contributed by atoms with Gasteiger partial charge in [-0.05, 0) is 19.1 Å². The molecule has 0 saturated heterocycles. The Hall–Kier alpha value is -2.24. The largest absolute Gasteiger partial charge is 0.476 e. The van der Waals surface area contributed by atoms with Crippen molar-refractivity contribution in [2.45, 2.75) is 13.5 Å². The molecular formula is C12H10F2N2O2. The van der Waals surface area contributed by atoms with Crippen molar-refractivity contribution >= 4 is 5.97 Å². The Labute approximate surface area is 101 Å². The average molecular weight is 252 g/mol. The van der Waals surface area contributed by atoms with Crippen molar-refractivity contribution in [3.8, 4) is 0 Å². The fourth-order valence-electron chi connectivity index (χ4n) is 1.59. The van der Waals surface area contributed by atoms with E-state index in [0.717, 1.165) is 12.1 Å². The highest BCUT2D eigenvalue weighted by Crippen LogP contribution is 2.13. The lowest BCUT2D eigenvalue weighted by molar-refractivity contribution is 0.0689. The molecule has 0 bridgehead atoms. The van der Waals surface area contributed by atoms with Gasteiger partial charge in [0.25, 0.3) is 0 Å². The summed E-state index contributed by atoms with van der Waals surface area (Å²) in [5.74, 6) is -2.47. The normalized spacial score (nSPS) is 10.6. The summed E-state index contributed by atoms with van der Waals surface area (Å²) in [4.78, 5) is 10.7. The topological polar surface area (TPSA) is 55.1 Å². The number of benzene rings is 1. The lowest BCUT2D eigenvalue weighted by atomic mass is 10.2. The second kappa shape index (κ2) is 4.56. The molecule has 4 nitrogen and oxygen atoms in total. The van der Waals surface area contributed by atoms with Gasteiger partial charge in [0, 0.05) is 17.3 Å². The molecule has 0 unspecified atom stereocenters. The summed E-state index contributed by atoms with van der Waals surface area (Å²) in [6, 6.07) is 4.64. The lowest BCUT2D eigenvalue weighted by Crippen LogP contribution is -2.07. The Bertz CT molecular complexity index is 608. The number of carbonyl (C=O) groups is 1.